The van der Waals surface area contributed by atoms with Crippen LogP contribution in [0.15, 0.2) is 158 Å². The summed E-state index contributed by atoms with van der Waals surface area (Å²) in [4.78, 5) is 9.43. The molecule has 6 aromatic carbocycles. The van der Waals surface area contributed by atoms with Gasteiger partial charge in [0, 0.05) is 48.9 Å². The van der Waals surface area contributed by atoms with Crippen LogP contribution in [-0.2, 0) is 26.5 Å². The standard InChI is InChI=1S/C45H33N4O.Pt/c1-45(2,32-17-5-3-6-18-32)36-29-44(49-37-23-11-9-21-34(37)35-22-10-12-24-38(35)49)46-30-43(36)50-42-28-16-15-27-41(42)48-31-47(33-19-7-4-8-20-33)39-25-13-14-26-40(39)48;/h3-19,21-23,25-31H,1-2H3;/q-3;. The van der Waals surface area contributed by atoms with E-state index >= 15 is 0 Å². The fourth-order valence-electron chi connectivity index (χ4n) is 7.11. The average Bonchev–Trinajstić information content (AvgIpc) is 3.72. The van der Waals surface area contributed by atoms with Gasteiger partial charge in [-0.05, 0) is 47.3 Å². The molecule has 0 aliphatic carbocycles. The van der Waals surface area contributed by atoms with Crippen molar-refractivity contribution in [1.29, 1.82) is 0 Å². The van der Waals surface area contributed by atoms with Crippen molar-refractivity contribution in [2.75, 3.05) is 9.80 Å². The predicted molar refractivity (Wildman–Crippen MR) is 203 cm³/mol. The minimum Gasteiger partial charge on any atom is -0.493 e. The van der Waals surface area contributed by atoms with Gasteiger partial charge in [-0.25, -0.2) is 4.98 Å². The fraction of sp³-hybridized carbons (Fsp3) is 0.0667. The normalized spacial score (nSPS) is 12.6. The number of anilines is 4. The molecule has 0 amide bonds. The first kappa shape index (κ1) is 32.6. The summed E-state index contributed by atoms with van der Waals surface area (Å²) >= 11 is 0. The van der Waals surface area contributed by atoms with Crippen molar-refractivity contribution >= 4 is 44.6 Å². The molecule has 9 rings (SSSR count). The van der Waals surface area contributed by atoms with E-state index in [4.69, 9.17) is 9.72 Å². The Kier molecular flexibility index (Phi) is 8.45. The van der Waals surface area contributed by atoms with Crippen LogP contribution >= 0.6 is 0 Å². The molecule has 1 aliphatic heterocycles. The van der Waals surface area contributed by atoms with Crippen LogP contribution in [0.4, 0.5) is 22.7 Å². The maximum absolute atomic E-state index is 7.00. The number of nitrogens with zero attached hydrogens (tertiary/aromatic N) is 4. The van der Waals surface area contributed by atoms with E-state index in [1.54, 1.807) is 0 Å². The summed E-state index contributed by atoms with van der Waals surface area (Å²) in [6.07, 6.45) is 1.88. The van der Waals surface area contributed by atoms with Crippen LogP contribution in [0, 0.1) is 18.8 Å². The molecule has 3 heterocycles. The molecule has 0 saturated carbocycles. The second-order valence-electron chi connectivity index (χ2n) is 13.0. The third-order valence-corrected chi connectivity index (χ3v) is 9.67. The summed E-state index contributed by atoms with van der Waals surface area (Å²) < 4.78 is 9.20. The quantitative estimate of drug-likeness (QED) is 0.150. The fourth-order valence-corrected chi connectivity index (χ4v) is 7.11. The zero-order valence-corrected chi connectivity index (χ0v) is 30.4. The maximum Gasteiger partial charge on any atom is 0.150 e. The molecule has 0 radical (unpaired) electrons. The van der Waals surface area contributed by atoms with Crippen LogP contribution < -0.4 is 14.5 Å². The SMILES string of the molecule is CC(C)(c1ccccc1)c1cc(-n2c3[c-]cccc3c3ccccc32)ncc1Oc1ccccc1N1[CH-]N(c2[c-]cccc2)c2ccccc21.[Pt]. The zero-order chi connectivity index (χ0) is 33.7. The Hall–Kier alpha value is -5.64. The number of pyridine rings is 1. The van der Waals surface area contributed by atoms with Crippen molar-refractivity contribution in [2.45, 2.75) is 19.3 Å². The Morgan fingerprint density at radius 3 is 2.10 bits per heavy atom. The third kappa shape index (κ3) is 5.59. The molecule has 2 aromatic heterocycles. The van der Waals surface area contributed by atoms with Crippen molar-refractivity contribution in [1.82, 2.24) is 9.55 Å². The van der Waals surface area contributed by atoms with Gasteiger partial charge >= 0.3 is 0 Å². The van der Waals surface area contributed by atoms with E-state index in [2.05, 4.69) is 150 Å². The first-order valence-electron chi connectivity index (χ1n) is 16.8. The van der Waals surface area contributed by atoms with Gasteiger partial charge in [-0.2, -0.15) is 54.6 Å². The largest absolute Gasteiger partial charge is 0.493 e. The van der Waals surface area contributed by atoms with Crippen LogP contribution in [-0.4, -0.2) is 9.55 Å². The molecular weight excluding hydrogens is 808 g/mol. The molecule has 0 fully saturated rings. The van der Waals surface area contributed by atoms with Crippen LogP contribution in [0.5, 0.6) is 11.5 Å². The molecule has 5 nitrogen and oxygen atoms in total. The summed E-state index contributed by atoms with van der Waals surface area (Å²) in [6.45, 7) is 6.60. The number of rotatable bonds is 7. The third-order valence-electron chi connectivity index (χ3n) is 9.67. The number of hydrogen-bond acceptors (Lipinski definition) is 4. The molecule has 0 atom stereocenters. The Bertz CT molecular complexity index is 2440. The van der Waals surface area contributed by atoms with Crippen molar-refractivity contribution in [2.24, 2.45) is 0 Å². The average molecular weight is 841 g/mol. The number of fused-ring (bicyclic) bond motifs is 4. The van der Waals surface area contributed by atoms with Crippen molar-refractivity contribution in [3.8, 4) is 17.3 Å². The van der Waals surface area contributed by atoms with Gasteiger partial charge in [0.15, 0.2) is 0 Å². The van der Waals surface area contributed by atoms with E-state index in [1.165, 1.54) is 10.9 Å². The van der Waals surface area contributed by atoms with Crippen LogP contribution in [0.25, 0.3) is 27.6 Å². The van der Waals surface area contributed by atoms with Gasteiger partial charge in [0.2, 0.25) is 0 Å². The first-order chi connectivity index (χ1) is 24.6. The molecule has 0 N–H and O–H groups in total. The summed E-state index contributed by atoms with van der Waals surface area (Å²) in [5.41, 5.74) is 7.88. The smallest absolute Gasteiger partial charge is 0.150 e. The molecular formula is C45H33N4OPt-3. The second kappa shape index (κ2) is 13.2. The maximum atomic E-state index is 7.00. The Morgan fingerprint density at radius 2 is 1.29 bits per heavy atom. The van der Waals surface area contributed by atoms with Crippen LogP contribution in [0.1, 0.15) is 25.0 Å². The zero-order valence-electron chi connectivity index (χ0n) is 28.1. The molecule has 0 saturated heterocycles. The molecule has 0 unspecified atom stereocenters. The number of ether oxygens (including phenoxy) is 1. The summed E-state index contributed by atoms with van der Waals surface area (Å²) in [7, 11) is 0. The molecule has 252 valence electrons. The van der Waals surface area contributed by atoms with Gasteiger partial charge in [-0.15, -0.1) is 17.7 Å². The molecule has 6 heteroatoms. The molecule has 8 aromatic rings. The van der Waals surface area contributed by atoms with E-state index in [9.17, 15) is 0 Å². The molecule has 0 spiro atoms. The summed E-state index contributed by atoms with van der Waals surface area (Å²) in [5, 5.41) is 2.32. The Labute approximate surface area is 312 Å². The predicted octanol–water partition coefficient (Wildman–Crippen LogP) is 11.3. The topological polar surface area (TPSA) is 33.5 Å². The van der Waals surface area contributed by atoms with Crippen molar-refractivity contribution in [3.63, 3.8) is 0 Å². The van der Waals surface area contributed by atoms with E-state index in [1.807, 2.05) is 54.7 Å². The van der Waals surface area contributed by atoms with Gasteiger partial charge in [0.25, 0.3) is 0 Å². The molecule has 51 heavy (non-hydrogen) atoms. The van der Waals surface area contributed by atoms with Crippen LogP contribution in [0.3, 0.4) is 0 Å². The minimum absolute atomic E-state index is 0. The van der Waals surface area contributed by atoms with Gasteiger partial charge in [0.1, 0.15) is 17.3 Å². The Balaban J connectivity index is 0.00000374. The van der Waals surface area contributed by atoms with E-state index < -0.39 is 5.41 Å². The monoisotopic (exact) mass is 840 g/mol. The van der Waals surface area contributed by atoms with Gasteiger partial charge in [0.05, 0.1) is 11.9 Å². The van der Waals surface area contributed by atoms with Crippen LogP contribution in [0.2, 0.25) is 0 Å². The number of para-hydroxylation sites is 7. The van der Waals surface area contributed by atoms with Gasteiger partial charge in [-0.1, -0.05) is 92.2 Å². The summed E-state index contributed by atoms with van der Waals surface area (Å²) in [5.74, 6) is 2.23. The molecule has 1 aliphatic rings. The molecule has 0 bridgehead atoms. The number of aromatic nitrogens is 2. The first-order valence-corrected chi connectivity index (χ1v) is 16.8. The van der Waals surface area contributed by atoms with Gasteiger partial charge in [-0.3, -0.25) is 0 Å². The van der Waals surface area contributed by atoms with E-state index in [-0.39, 0.29) is 21.1 Å². The van der Waals surface area contributed by atoms with E-state index in [0.717, 1.165) is 56.3 Å². The Morgan fingerprint density at radius 1 is 0.627 bits per heavy atom. The minimum atomic E-state index is -0.419. The number of benzene rings is 6. The number of hydrogen-bond donors (Lipinski definition) is 0. The van der Waals surface area contributed by atoms with E-state index in [0.29, 0.717) is 5.75 Å². The second-order valence-corrected chi connectivity index (χ2v) is 13.0. The van der Waals surface area contributed by atoms with Crippen molar-refractivity contribution < 1.29 is 25.8 Å². The van der Waals surface area contributed by atoms with Gasteiger partial charge < -0.3 is 19.1 Å². The summed E-state index contributed by atoms with van der Waals surface area (Å²) in [6, 6.07) is 58.9. The van der Waals surface area contributed by atoms with Crippen molar-refractivity contribution in [3.05, 3.63) is 188 Å².